The summed E-state index contributed by atoms with van der Waals surface area (Å²) in [6.07, 6.45) is 3.45. The minimum atomic E-state index is -0.577. The molecule has 1 aliphatic rings. The second-order valence-corrected chi connectivity index (χ2v) is 7.37. The summed E-state index contributed by atoms with van der Waals surface area (Å²) in [6, 6.07) is 9.20. The molecule has 6 nitrogen and oxygen atoms in total. The maximum Gasteiger partial charge on any atom is 0.315 e. The zero-order valence-corrected chi connectivity index (χ0v) is 16.0. The molecule has 0 fully saturated rings. The van der Waals surface area contributed by atoms with Gasteiger partial charge in [-0.3, -0.25) is 14.4 Å². The van der Waals surface area contributed by atoms with Gasteiger partial charge in [-0.15, -0.1) is 11.3 Å². The molecule has 27 heavy (non-hydrogen) atoms. The van der Waals surface area contributed by atoms with Crippen molar-refractivity contribution < 1.29 is 19.1 Å². The Bertz CT molecular complexity index is 845. The third-order valence-corrected chi connectivity index (χ3v) is 5.50. The molecule has 0 saturated carbocycles. The van der Waals surface area contributed by atoms with Crippen LogP contribution < -0.4 is 10.6 Å². The number of rotatable bonds is 6. The van der Waals surface area contributed by atoms with E-state index in [2.05, 4.69) is 10.6 Å². The van der Waals surface area contributed by atoms with E-state index in [0.29, 0.717) is 16.3 Å². The number of hydrogen-bond acceptors (Lipinski definition) is 5. The summed E-state index contributed by atoms with van der Waals surface area (Å²) in [5.41, 5.74) is 2.21. The topological polar surface area (TPSA) is 84.5 Å². The van der Waals surface area contributed by atoms with Gasteiger partial charge < -0.3 is 15.4 Å². The summed E-state index contributed by atoms with van der Waals surface area (Å²) in [5, 5.41) is 6.14. The number of carbonyl (C=O) groups is 3. The van der Waals surface area contributed by atoms with Crippen LogP contribution >= 0.6 is 11.3 Å². The van der Waals surface area contributed by atoms with Gasteiger partial charge in [-0.2, -0.15) is 0 Å². The molecule has 2 N–H and O–H groups in total. The Balaban J connectivity index is 1.83. The molecule has 0 saturated heterocycles. The van der Waals surface area contributed by atoms with Gasteiger partial charge in [0.15, 0.2) is 0 Å². The lowest BCUT2D eigenvalue weighted by molar-refractivity contribution is -0.145. The van der Waals surface area contributed by atoms with E-state index in [0.717, 1.165) is 36.1 Å². The van der Waals surface area contributed by atoms with Crippen LogP contribution in [0.15, 0.2) is 30.3 Å². The van der Waals surface area contributed by atoms with E-state index in [1.807, 2.05) is 30.3 Å². The molecule has 1 heterocycles. The van der Waals surface area contributed by atoms with E-state index < -0.39 is 11.9 Å². The first-order valence-corrected chi connectivity index (χ1v) is 9.86. The van der Waals surface area contributed by atoms with Crippen LogP contribution in [0.3, 0.4) is 0 Å². The van der Waals surface area contributed by atoms with Gasteiger partial charge in [0, 0.05) is 10.6 Å². The molecule has 2 aromatic rings. The third kappa shape index (κ3) is 4.74. The number of fused-ring (bicyclic) bond motifs is 1. The largest absolute Gasteiger partial charge is 0.466 e. The zero-order chi connectivity index (χ0) is 19.2. The highest BCUT2D eigenvalue weighted by Gasteiger charge is 2.27. The molecule has 1 aliphatic carbocycles. The summed E-state index contributed by atoms with van der Waals surface area (Å²) >= 11 is 1.42. The van der Waals surface area contributed by atoms with E-state index in [9.17, 15) is 14.4 Å². The van der Waals surface area contributed by atoms with Crippen molar-refractivity contribution in [2.75, 3.05) is 17.2 Å². The van der Waals surface area contributed by atoms with Gasteiger partial charge in [0.05, 0.1) is 12.2 Å². The predicted molar refractivity (Wildman–Crippen MR) is 105 cm³/mol. The molecule has 0 radical (unpaired) electrons. The van der Waals surface area contributed by atoms with Gasteiger partial charge in [0.25, 0.3) is 5.91 Å². The fraction of sp³-hybridized carbons (Fsp3) is 0.350. The molecule has 0 unspecified atom stereocenters. The van der Waals surface area contributed by atoms with Gasteiger partial charge >= 0.3 is 5.97 Å². The Hall–Kier alpha value is -2.67. The molecule has 2 amide bonds. The lowest BCUT2D eigenvalue weighted by Crippen LogP contribution is -2.21. The van der Waals surface area contributed by atoms with Gasteiger partial charge in [0.2, 0.25) is 5.91 Å². The molecule has 0 aliphatic heterocycles. The van der Waals surface area contributed by atoms with Crippen molar-refractivity contribution in [2.24, 2.45) is 0 Å². The van der Waals surface area contributed by atoms with Crippen LogP contribution in [0.4, 0.5) is 10.7 Å². The number of ether oxygens (including phenoxy) is 1. The fourth-order valence-electron chi connectivity index (χ4n) is 3.12. The second kappa shape index (κ2) is 8.81. The average Bonchev–Trinajstić information content (AvgIpc) is 3.00. The number of esters is 1. The number of aryl methyl sites for hydroxylation is 1. The number of hydrogen-bond donors (Lipinski definition) is 2. The van der Waals surface area contributed by atoms with Crippen molar-refractivity contribution in [1.29, 1.82) is 0 Å². The summed E-state index contributed by atoms with van der Waals surface area (Å²) in [6.45, 7) is 1.92. The van der Waals surface area contributed by atoms with Crippen molar-refractivity contribution in [2.45, 2.75) is 39.0 Å². The maximum absolute atomic E-state index is 12.9. The van der Waals surface area contributed by atoms with Crippen molar-refractivity contribution in [3.8, 4) is 0 Å². The Kier molecular flexibility index (Phi) is 6.24. The van der Waals surface area contributed by atoms with Crippen LogP contribution in [-0.2, 0) is 27.2 Å². The van der Waals surface area contributed by atoms with Crippen molar-refractivity contribution in [3.63, 3.8) is 0 Å². The first-order chi connectivity index (χ1) is 13.1. The number of nitrogens with one attached hydrogen (secondary N) is 2. The quantitative estimate of drug-likeness (QED) is 0.585. The SMILES string of the molecule is CCOC(=O)CC(=O)Nc1sc2c(c1C(=O)Nc1ccccc1)CCCC2. The van der Waals surface area contributed by atoms with Crippen LogP contribution in [0.2, 0.25) is 0 Å². The molecule has 0 atom stereocenters. The molecular formula is C20H22N2O4S. The van der Waals surface area contributed by atoms with Crippen molar-refractivity contribution >= 4 is 39.8 Å². The molecule has 0 bridgehead atoms. The molecule has 1 aromatic heterocycles. The van der Waals surface area contributed by atoms with Crippen LogP contribution in [0.1, 0.15) is 47.0 Å². The fourth-order valence-corrected chi connectivity index (χ4v) is 4.43. The maximum atomic E-state index is 12.9. The van der Waals surface area contributed by atoms with Crippen molar-refractivity contribution in [1.82, 2.24) is 0 Å². The minimum Gasteiger partial charge on any atom is -0.466 e. The summed E-state index contributed by atoms with van der Waals surface area (Å²) in [5.74, 6) is -1.29. The van der Waals surface area contributed by atoms with Crippen LogP contribution in [0, 0.1) is 0 Å². The number of thiophene rings is 1. The van der Waals surface area contributed by atoms with Gasteiger partial charge in [-0.25, -0.2) is 0 Å². The van der Waals surface area contributed by atoms with Crippen LogP contribution in [0.5, 0.6) is 0 Å². The first kappa shape index (κ1) is 19.1. The van der Waals surface area contributed by atoms with Gasteiger partial charge in [-0.05, 0) is 50.3 Å². The minimum absolute atomic E-state index is 0.226. The summed E-state index contributed by atoms with van der Waals surface area (Å²) in [4.78, 5) is 37.8. The molecule has 3 rings (SSSR count). The second-order valence-electron chi connectivity index (χ2n) is 6.27. The number of anilines is 2. The first-order valence-electron chi connectivity index (χ1n) is 9.05. The summed E-state index contributed by atoms with van der Waals surface area (Å²) < 4.78 is 4.81. The van der Waals surface area contributed by atoms with Gasteiger partial charge in [-0.1, -0.05) is 18.2 Å². The van der Waals surface area contributed by atoms with Crippen molar-refractivity contribution in [3.05, 3.63) is 46.3 Å². The normalized spacial score (nSPS) is 12.8. The number of benzene rings is 1. The average molecular weight is 386 g/mol. The molecule has 0 spiro atoms. The van der Waals surface area contributed by atoms with E-state index in [-0.39, 0.29) is 18.9 Å². The molecule has 7 heteroatoms. The molecule has 142 valence electrons. The molecule has 1 aromatic carbocycles. The molecular weight excluding hydrogens is 364 g/mol. The summed E-state index contributed by atoms with van der Waals surface area (Å²) in [7, 11) is 0. The van der Waals surface area contributed by atoms with Gasteiger partial charge in [0.1, 0.15) is 11.4 Å². The highest BCUT2D eigenvalue weighted by atomic mass is 32.1. The standard InChI is InChI=1S/C20H22N2O4S/c1-2-26-17(24)12-16(23)22-20-18(14-10-6-7-11-15(14)27-20)19(25)21-13-8-4-3-5-9-13/h3-5,8-9H,2,6-7,10-12H2,1H3,(H,21,25)(H,22,23). The van der Waals surface area contributed by atoms with E-state index in [1.165, 1.54) is 11.3 Å². The number of amides is 2. The lowest BCUT2D eigenvalue weighted by Gasteiger charge is -2.13. The smallest absolute Gasteiger partial charge is 0.315 e. The Morgan fingerprint density at radius 1 is 1.07 bits per heavy atom. The van der Waals surface area contributed by atoms with E-state index in [4.69, 9.17) is 4.74 Å². The number of carbonyl (C=O) groups excluding carboxylic acids is 3. The monoisotopic (exact) mass is 386 g/mol. The Labute approximate surface area is 161 Å². The lowest BCUT2D eigenvalue weighted by atomic mass is 9.95. The zero-order valence-electron chi connectivity index (χ0n) is 15.2. The highest BCUT2D eigenvalue weighted by Crippen LogP contribution is 2.38. The number of para-hydroxylation sites is 1. The predicted octanol–water partition coefficient (Wildman–Crippen LogP) is 3.77. The van der Waals surface area contributed by atoms with E-state index in [1.54, 1.807) is 6.92 Å². The van der Waals surface area contributed by atoms with E-state index >= 15 is 0 Å². The Morgan fingerprint density at radius 2 is 1.81 bits per heavy atom. The Morgan fingerprint density at radius 3 is 2.56 bits per heavy atom. The highest BCUT2D eigenvalue weighted by molar-refractivity contribution is 7.17. The third-order valence-electron chi connectivity index (χ3n) is 4.29. The van der Waals surface area contributed by atoms with Crippen LogP contribution in [-0.4, -0.2) is 24.4 Å². The van der Waals surface area contributed by atoms with Crippen LogP contribution in [0.25, 0.3) is 0 Å².